The fourth-order valence-electron chi connectivity index (χ4n) is 5.67. The Morgan fingerprint density at radius 1 is 0.520 bits per heavy atom. The number of benzene rings is 6. The third kappa shape index (κ3) is 6.74. The van der Waals surface area contributed by atoms with Crippen molar-refractivity contribution in [2.75, 3.05) is 5.73 Å². The first-order valence-corrected chi connectivity index (χ1v) is 18.3. The third-order valence-electron chi connectivity index (χ3n) is 8.29. The summed E-state index contributed by atoms with van der Waals surface area (Å²) in [5.74, 6) is -1.11. The lowest BCUT2D eigenvalue weighted by atomic mass is 9.82. The molecule has 0 heterocycles. The molecule has 5 nitrogen and oxygen atoms in total. The van der Waals surface area contributed by atoms with Crippen molar-refractivity contribution in [1.29, 1.82) is 0 Å². The van der Waals surface area contributed by atoms with Crippen LogP contribution in [0.25, 0.3) is 0 Å². The van der Waals surface area contributed by atoms with Crippen LogP contribution >= 0.6 is 35.3 Å². The van der Waals surface area contributed by atoms with E-state index in [1.165, 1.54) is 35.3 Å². The summed E-state index contributed by atoms with van der Waals surface area (Å²) in [6.45, 7) is 6.03. The van der Waals surface area contributed by atoms with Crippen LogP contribution in [0.1, 0.15) is 58.9 Å². The van der Waals surface area contributed by atoms with Crippen LogP contribution in [0.2, 0.25) is 0 Å². The summed E-state index contributed by atoms with van der Waals surface area (Å²) in [6.07, 6.45) is 0. The van der Waals surface area contributed by atoms with E-state index in [9.17, 15) is 14.4 Å². The lowest BCUT2D eigenvalue weighted by molar-refractivity contribution is 0.0735. The van der Waals surface area contributed by atoms with Gasteiger partial charge in [-0.05, 0) is 87.5 Å². The number of hydrogen-bond acceptors (Lipinski definition) is 8. The topological polar surface area (TPSA) is 86.5 Å². The number of carbonyl (C=O) groups excluding carboxylic acids is 3. The molecule has 8 heteroatoms. The van der Waals surface area contributed by atoms with E-state index in [1.807, 2.05) is 112 Å². The smallest absolute Gasteiger partial charge is 0.345 e. The molecule has 1 aliphatic carbocycles. The molecule has 0 bridgehead atoms. The molecule has 0 aliphatic heterocycles. The van der Waals surface area contributed by atoms with E-state index in [0.29, 0.717) is 26.0 Å². The highest BCUT2D eigenvalue weighted by Crippen LogP contribution is 2.47. The third-order valence-corrected chi connectivity index (χ3v) is 11.5. The Hall–Kier alpha value is -5.02. The van der Waals surface area contributed by atoms with Gasteiger partial charge in [-0.1, -0.05) is 107 Å². The molecule has 0 spiro atoms. The number of nitrogen functional groups attached to an aromatic ring is 1. The lowest BCUT2D eigenvalue weighted by Gasteiger charge is -2.26. The molecule has 0 amide bonds. The molecular formula is C42H31NO4S3. The summed E-state index contributed by atoms with van der Waals surface area (Å²) in [4.78, 5) is 48.1. The fraction of sp³-hybridized carbons (Fsp3) is 0.0714. The van der Waals surface area contributed by atoms with Gasteiger partial charge in [-0.15, -0.1) is 0 Å². The predicted molar refractivity (Wildman–Crippen MR) is 201 cm³/mol. The van der Waals surface area contributed by atoms with Crippen LogP contribution in [0, 0.1) is 20.8 Å². The molecule has 50 heavy (non-hydrogen) atoms. The van der Waals surface area contributed by atoms with Gasteiger partial charge in [-0.2, -0.15) is 0 Å². The lowest BCUT2D eigenvalue weighted by Crippen LogP contribution is -2.27. The van der Waals surface area contributed by atoms with E-state index in [4.69, 9.17) is 10.5 Å². The molecule has 6 aromatic carbocycles. The van der Waals surface area contributed by atoms with Crippen LogP contribution in [0.5, 0.6) is 5.75 Å². The number of aryl methyl sites for hydroxylation is 3. The quantitative estimate of drug-likeness (QED) is 0.0948. The molecule has 7 rings (SSSR count). The second-order valence-electron chi connectivity index (χ2n) is 12.0. The maximum absolute atomic E-state index is 15.0. The number of carbonyl (C=O) groups is 3. The summed E-state index contributed by atoms with van der Waals surface area (Å²) in [5.41, 5.74) is 10.8. The van der Waals surface area contributed by atoms with Gasteiger partial charge in [0.05, 0.1) is 16.8 Å². The molecule has 0 aromatic heterocycles. The largest absolute Gasteiger partial charge is 0.423 e. The zero-order valence-electron chi connectivity index (χ0n) is 27.5. The van der Waals surface area contributed by atoms with Crippen molar-refractivity contribution >= 4 is 58.5 Å². The maximum atomic E-state index is 15.0. The molecule has 0 saturated heterocycles. The minimum absolute atomic E-state index is 0.0165. The molecule has 6 aromatic rings. The Labute approximate surface area is 303 Å². The molecular weight excluding hydrogens is 679 g/mol. The summed E-state index contributed by atoms with van der Waals surface area (Å²) >= 11 is 4.16. The standard InChI is InChI=1S/C42H31NO4S3/c1-24-9-15-28(16-10-24)48-32-21-22-33(49-29-17-11-25(2)12-18-29)36-35(32)40(44)37-34(50-30-19-13-26(3)14-20-30)23-31(39(43)38(37)41(36)45)42(46)47-27-7-5-4-6-8-27/h4-23H,43H2,1-3H3. The van der Waals surface area contributed by atoms with Crippen molar-refractivity contribution in [3.63, 3.8) is 0 Å². The summed E-state index contributed by atoms with van der Waals surface area (Å²) in [6, 6.07) is 38.0. The van der Waals surface area contributed by atoms with Crippen LogP contribution in [0.4, 0.5) is 5.69 Å². The fourth-order valence-corrected chi connectivity index (χ4v) is 8.59. The average Bonchev–Trinajstić information content (AvgIpc) is 3.11. The summed E-state index contributed by atoms with van der Waals surface area (Å²) in [5, 5.41) is 0. The van der Waals surface area contributed by atoms with E-state index < -0.39 is 11.8 Å². The zero-order valence-corrected chi connectivity index (χ0v) is 29.9. The van der Waals surface area contributed by atoms with Crippen molar-refractivity contribution in [3.05, 3.63) is 166 Å². The molecule has 0 saturated carbocycles. The highest BCUT2D eigenvalue weighted by Gasteiger charge is 2.39. The van der Waals surface area contributed by atoms with Gasteiger partial charge >= 0.3 is 5.97 Å². The molecule has 0 radical (unpaired) electrons. The van der Waals surface area contributed by atoms with E-state index in [-0.39, 0.29) is 33.7 Å². The van der Waals surface area contributed by atoms with Gasteiger partial charge in [0, 0.05) is 46.1 Å². The average molecular weight is 710 g/mol. The number of anilines is 1. The van der Waals surface area contributed by atoms with E-state index >= 15 is 0 Å². The summed E-state index contributed by atoms with van der Waals surface area (Å²) < 4.78 is 5.70. The minimum Gasteiger partial charge on any atom is -0.423 e. The van der Waals surface area contributed by atoms with Gasteiger partial charge in [0.1, 0.15) is 5.75 Å². The second-order valence-corrected chi connectivity index (χ2v) is 15.4. The number of hydrogen-bond donors (Lipinski definition) is 1. The van der Waals surface area contributed by atoms with Crippen molar-refractivity contribution in [3.8, 4) is 5.75 Å². The van der Waals surface area contributed by atoms with Gasteiger partial charge in [0.15, 0.2) is 11.6 Å². The van der Waals surface area contributed by atoms with Gasteiger partial charge in [-0.25, -0.2) is 4.79 Å². The van der Waals surface area contributed by atoms with Crippen molar-refractivity contribution in [2.45, 2.75) is 50.1 Å². The first-order valence-electron chi connectivity index (χ1n) is 15.9. The minimum atomic E-state index is -0.716. The van der Waals surface area contributed by atoms with Crippen LogP contribution < -0.4 is 10.5 Å². The van der Waals surface area contributed by atoms with Crippen LogP contribution in [0.3, 0.4) is 0 Å². The zero-order chi connectivity index (χ0) is 34.9. The molecule has 0 unspecified atom stereocenters. The summed E-state index contributed by atoms with van der Waals surface area (Å²) in [7, 11) is 0. The van der Waals surface area contributed by atoms with E-state index in [0.717, 1.165) is 31.4 Å². The second kappa shape index (κ2) is 14.1. The number of ketones is 2. The molecule has 0 atom stereocenters. The number of rotatable bonds is 8. The first-order chi connectivity index (χ1) is 24.2. The van der Waals surface area contributed by atoms with Crippen molar-refractivity contribution in [2.24, 2.45) is 0 Å². The number of esters is 1. The van der Waals surface area contributed by atoms with Crippen molar-refractivity contribution < 1.29 is 19.1 Å². The van der Waals surface area contributed by atoms with E-state index in [1.54, 1.807) is 30.3 Å². The van der Waals surface area contributed by atoms with E-state index in [2.05, 4.69) is 0 Å². The highest BCUT2D eigenvalue weighted by atomic mass is 32.2. The number of fused-ring (bicyclic) bond motifs is 2. The van der Waals surface area contributed by atoms with Crippen LogP contribution in [0.15, 0.2) is 151 Å². The Balaban J connectivity index is 1.42. The monoisotopic (exact) mass is 709 g/mol. The molecule has 0 fully saturated rings. The first kappa shape index (κ1) is 33.5. The Morgan fingerprint density at radius 3 is 1.38 bits per heavy atom. The molecule has 2 N–H and O–H groups in total. The predicted octanol–water partition coefficient (Wildman–Crippen LogP) is 10.6. The molecule has 246 valence electrons. The Bertz CT molecular complexity index is 2280. The Morgan fingerprint density at radius 2 is 0.920 bits per heavy atom. The van der Waals surface area contributed by atoms with Crippen molar-refractivity contribution in [1.82, 2.24) is 0 Å². The van der Waals surface area contributed by atoms with Gasteiger partial charge in [0.2, 0.25) is 0 Å². The SMILES string of the molecule is Cc1ccc(Sc2ccc(Sc3ccc(C)cc3)c3c2C(=O)c2c(Sc4ccc(C)cc4)cc(C(=O)Oc4ccccc4)c(N)c2C3=O)cc1. The highest BCUT2D eigenvalue weighted by molar-refractivity contribution is 8.00. The molecule has 1 aliphatic rings. The van der Waals surface area contributed by atoms with Gasteiger partial charge in [0.25, 0.3) is 0 Å². The van der Waals surface area contributed by atoms with Crippen LogP contribution in [-0.2, 0) is 0 Å². The number of nitrogens with two attached hydrogens (primary N) is 1. The van der Waals surface area contributed by atoms with Crippen LogP contribution in [-0.4, -0.2) is 17.5 Å². The number of ether oxygens (including phenoxy) is 1. The number of para-hydroxylation sites is 1. The normalized spacial score (nSPS) is 12.0. The van der Waals surface area contributed by atoms with Gasteiger partial charge < -0.3 is 10.5 Å². The van der Waals surface area contributed by atoms with Gasteiger partial charge in [-0.3, -0.25) is 9.59 Å². The Kier molecular flexibility index (Phi) is 9.42. The maximum Gasteiger partial charge on any atom is 0.345 e.